The fourth-order valence-corrected chi connectivity index (χ4v) is 4.19. The highest BCUT2D eigenvalue weighted by molar-refractivity contribution is 5.53. The maximum absolute atomic E-state index is 9.55. The molecule has 27 heavy (non-hydrogen) atoms. The van der Waals surface area contributed by atoms with Crippen molar-refractivity contribution in [1.82, 2.24) is 0 Å². The van der Waals surface area contributed by atoms with Crippen LogP contribution >= 0.6 is 0 Å². The summed E-state index contributed by atoms with van der Waals surface area (Å²) in [6.07, 6.45) is 11.6. The number of aliphatic hydroxyl groups excluding tert-OH is 1. The molecule has 1 aromatic rings. The number of aliphatic hydroxyl groups is 1. The summed E-state index contributed by atoms with van der Waals surface area (Å²) in [4.78, 5) is 0. The van der Waals surface area contributed by atoms with Gasteiger partial charge in [-0.25, -0.2) is 0 Å². The van der Waals surface area contributed by atoms with Crippen molar-refractivity contribution in [3.8, 4) is 11.5 Å². The van der Waals surface area contributed by atoms with Crippen LogP contribution in [0.4, 0.5) is 0 Å². The second-order valence-electron chi connectivity index (χ2n) is 8.47. The first-order valence-corrected chi connectivity index (χ1v) is 10.5. The molecule has 1 aliphatic carbocycles. The van der Waals surface area contributed by atoms with E-state index in [1.807, 2.05) is 0 Å². The standard InChI is InChI=1S/C24H38O3/c1-6-7-8-9-13-24(2,3)20-15-21(26-4)23(22(16-20)27-5)19-12-10-11-18(14-19)17-25/h14-16,19,25H,6-13,17H2,1-5H3. The van der Waals surface area contributed by atoms with Crippen LogP contribution in [0.15, 0.2) is 23.8 Å². The van der Waals surface area contributed by atoms with E-state index in [-0.39, 0.29) is 17.9 Å². The van der Waals surface area contributed by atoms with E-state index in [0.717, 1.165) is 48.3 Å². The van der Waals surface area contributed by atoms with Crippen LogP contribution in [0, 0.1) is 0 Å². The Morgan fingerprint density at radius 1 is 1.07 bits per heavy atom. The fourth-order valence-electron chi connectivity index (χ4n) is 4.19. The van der Waals surface area contributed by atoms with Crippen molar-refractivity contribution in [2.45, 2.75) is 83.5 Å². The van der Waals surface area contributed by atoms with E-state index in [2.05, 4.69) is 39.0 Å². The third-order valence-electron chi connectivity index (χ3n) is 6.00. The number of ether oxygens (including phenoxy) is 2. The molecule has 152 valence electrons. The van der Waals surface area contributed by atoms with Crippen molar-refractivity contribution in [3.05, 3.63) is 34.9 Å². The summed E-state index contributed by atoms with van der Waals surface area (Å²) in [6, 6.07) is 4.41. The molecule has 0 bridgehead atoms. The van der Waals surface area contributed by atoms with Crippen LogP contribution in [0.25, 0.3) is 0 Å². The van der Waals surface area contributed by atoms with Crippen LogP contribution in [-0.4, -0.2) is 25.9 Å². The molecule has 1 aromatic carbocycles. The van der Waals surface area contributed by atoms with Crippen molar-refractivity contribution in [2.24, 2.45) is 0 Å². The molecule has 3 heteroatoms. The van der Waals surface area contributed by atoms with Gasteiger partial charge in [-0.15, -0.1) is 0 Å². The average molecular weight is 375 g/mol. The van der Waals surface area contributed by atoms with Crippen molar-refractivity contribution >= 4 is 0 Å². The summed E-state index contributed by atoms with van der Waals surface area (Å²) in [5.41, 5.74) is 3.61. The van der Waals surface area contributed by atoms with Gasteiger partial charge in [0.15, 0.2) is 0 Å². The first kappa shape index (κ1) is 21.8. The zero-order chi connectivity index (χ0) is 19.9. The summed E-state index contributed by atoms with van der Waals surface area (Å²) in [7, 11) is 3.49. The molecule has 0 heterocycles. The number of methoxy groups -OCH3 is 2. The SMILES string of the molecule is CCCCCCC(C)(C)c1cc(OC)c(C2C=C(CO)CCC2)c(OC)c1. The number of allylic oxidation sites excluding steroid dienone is 1. The first-order chi connectivity index (χ1) is 13.0. The minimum absolute atomic E-state index is 0.0888. The van der Waals surface area contributed by atoms with Gasteiger partial charge in [-0.3, -0.25) is 0 Å². The molecule has 0 saturated carbocycles. The lowest BCUT2D eigenvalue weighted by Crippen LogP contribution is -2.18. The van der Waals surface area contributed by atoms with E-state index < -0.39 is 0 Å². The highest BCUT2D eigenvalue weighted by Gasteiger charge is 2.27. The normalized spacial score (nSPS) is 17.6. The molecule has 0 radical (unpaired) electrons. The molecule has 1 unspecified atom stereocenters. The maximum atomic E-state index is 9.55. The third-order valence-corrected chi connectivity index (χ3v) is 6.00. The molecular weight excluding hydrogens is 336 g/mol. The smallest absolute Gasteiger partial charge is 0.126 e. The lowest BCUT2D eigenvalue weighted by molar-refractivity contribution is 0.320. The van der Waals surface area contributed by atoms with E-state index in [0.29, 0.717) is 0 Å². The van der Waals surface area contributed by atoms with E-state index in [1.165, 1.54) is 31.2 Å². The molecule has 0 amide bonds. The minimum Gasteiger partial charge on any atom is -0.496 e. The Bertz CT molecular complexity index is 606. The monoisotopic (exact) mass is 374 g/mol. The molecule has 3 nitrogen and oxygen atoms in total. The number of hydrogen-bond acceptors (Lipinski definition) is 3. The van der Waals surface area contributed by atoms with E-state index >= 15 is 0 Å². The molecule has 1 atom stereocenters. The third kappa shape index (κ3) is 5.51. The molecule has 0 saturated heterocycles. The number of benzene rings is 1. The Labute approximate surface area is 165 Å². The van der Waals surface area contributed by atoms with Crippen LogP contribution in [0.1, 0.15) is 89.2 Å². The summed E-state index contributed by atoms with van der Waals surface area (Å²) in [6.45, 7) is 7.03. The Morgan fingerprint density at radius 2 is 1.74 bits per heavy atom. The molecule has 0 aromatic heterocycles. The molecule has 0 fully saturated rings. The van der Waals surface area contributed by atoms with Gasteiger partial charge in [0, 0.05) is 11.5 Å². The van der Waals surface area contributed by atoms with Crippen molar-refractivity contribution in [2.75, 3.05) is 20.8 Å². The Hall–Kier alpha value is -1.48. The van der Waals surface area contributed by atoms with Gasteiger partial charge < -0.3 is 14.6 Å². The van der Waals surface area contributed by atoms with Gasteiger partial charge in [0.2, 0.25) is 0 Å². The largest absolute Gasteiger partial charge is 0.496 e. The molecule has 2 rings (SSSR count). The Balaban J connectivity index is 2.35. The van der Waals surface area contributed by atoms with Crippen LogP contribution < -0.4 is 9.47 Å². The lowest BCUT2D eigenvalue weighted by Gasteiger charge is -2.29. The second-order valence-corrected chi connectivity index (χ2v) is 8.47. The zero-order valence-corrected chi connectivity index (χ0v) is 17.9. The predicted octanol–water partition coefficient (Wildman–Crippen LogP) is 6.14. The zero-order valence-electron chi connectivity index (χ0n) is 17.9. The molecule has 1 aliphatic rings. The van der Waals surface area contributed by atoms with Gasteiger partial charge in [-0.2, -0.15) is 0 Å². The second kappa shape index (κ2) is 10.2. The minimum atomic E-state index is 0.0888. The van der Waals surface area contributed by atoms with Gasteiger partial charge in [0.25, 0.3) is 0 Å². The van der Waals surface area contributed by atoms with Gasteiger partial charge in [-0.05, 0) is 54.4 Å². The number of hydrogen-bond donors (Lipinski definition) is 1. The average Bonchev–Trinajstić information content (AvgIpc) is 2.70. The van der Waals surface area contributed by atoms with Gasteiger partial charge in [0.1, 0.15) is 11.5 Å². The topological polar surface area (TPSA) is 38.7 Å². The van der Waals surface area contributed by atoms with E-state index in [9.17, 15) is 5.11 Å². The number of rotatable bonds is 10. The summed E-state index contributed by atoms with van der Waals surface area (Å²) in [5.74, 6) is 2.06. The van der Waals surface area contributed by atoms with Crippen LogP contribution in [0.5, 0.6) is 11.5 Å². The Kier molecular flexibility index (Phi) is 8.22. The van der Waals surface area contributed by atoms with E-state index in [4.69, 9.17) is 9.47 Å². The highest BCUT2D eigenvalue weighted by atomic mass is 16.5. The van der Waals surface area contributed by atoms with Gasteiger partial charge >= 0.3 is 0 Å². The number of unbranched alkanes of at least 4 members (excludes halogenated alkanes) is 3. The van der Waals surface area contributed by atoms with Crippen LogP contribution in [0.2, 0.25) is 0 Å². The van der Waals surface area contributed by atoms with Crippen LogP contribution in [0.3, 0.4) is 0 Å². The summed E-state index contributed by atoms with van der Waals surface area (Å²) in [5, 5.41) is 9.55. The first-order valence-electron chi connectivity index (χ1n) is 10.5. The van der Waals surface area contributed by atoms with Crippen molar-refractivity contribution in [3.63, 3.8) is 0 Å². The highest BCUT2D eigenvalue weighted by Crippen LogP contribution is 2.44. The lowest BCUT2D eigenvalue weighted by atomic mass is 9.77. The fraction of sp³-hybridized carbons (Fsp3) is 0.667. The Morgan fingerprint density at radius 3 is 2.30 bits per heavy atom. The van der Waals surface area contributed by atoms with Crippen LogP contribution in [-0.2, 0) is 5.41 Å². The van der Waals surface area contributed by atoms with Crippen molar-refractivity contribution < 1.29 is 14.6 Å². The van der Waals surface area contributed by atoms with E-state index in [1.54, 1.807) is 14.2 Å². The quantitative estimate of drug-likeness (QED) is 0.395. The molecule has 1 N–H and O–H groups in total. The molecular formula is C24H38O3. The maximum Gasteiger partial charge on any atom is 0.126 e. The molecule has 0 spiro atoms. The summed E-state index contributed by atoms with van der Waals surface area (Å²) >= 11 is 0. The van der Waals surface area contributed by atoms with Gasteiger partial charge in [0.05, 0.1) is 20.8 Å². The summed E-state index contributed by atoms with van der Waals surface area (Å²) < 4.78 is 11.6. The van der Waals surface area contributed by atoms with Crippen molar-refractivity contribution in [1.29, 1.82) is 0 Å². The van der Waals surface area contributed by atoms with Gasteiger partial charge in [-0.1, -0.05) is 52.5 Å². The molecule has 0 aliphatic heterocycles. The predicted molar refractivity (Wildman–Crippen MR) is 113 cm³/mol.